The van der Waals surface area contributed by atoms with Gasteiger partial charge in [0.1, 0.15) is 5.75 Å². The van der Waals surface area contributed by atoms with Gasteiger partial charge in [-0.3, -0.25) is 4.79 Å². The summed E-state index contributed by atoms with van der Waals surface area (Å²) in [4.78, 5) is 12.3. The number of halogens is 1. The highest BCUT2D eigenvalue weighted by molar-refractivity contribution is 14.1. The average molecular weight is 483 g/mol. The third-order valence-electron chi connectivity index (χ3n) is 3.79. The van der Waals surface area contributed by atoms with E-state index in [0.717, 1.165) is 3.57 Å². The summed E-state index contributed by atoms with van der Waals surface area (Å²) in [5.74, 6) is 1.40. The molecule has 2 heterocycles. The van der Waals surface area contributed by atoms with Gasteiger partial charge in [0.2, 0.25) is 5.88 Å². The van der Waals surface area contributed by atoms with Crippen molar-refractivity contribution in [2.45, 2.75) is 0 Å². The van der Waals surface area contributed by atoms with Crippen LogP contribution in [-0.2, 0) is 0 Å². The van der Waals surface area contributed by atoms with Crippen LogP contribution in [0.25, 0.3) is 5.82 Å². The molecule has 2 aromatic heterocycles. The standard InChI is InChI=1S/C20H14IN5O2/c21-15-4-1-3-14(13-15)20(27)23-16-5-7-17(8-6-16)28-19-10-9-18(24-25-19)26-12-2-11-22-26/h1-13H,(H,23,27). The quantitative estimate of drug-likeness (QED) is 0.428. The molecule has 0 bridgehead atoms. The molecule has 1 amide bonds. The van der Waals surface area contributed by atoms with Gasteiger partial charge in [0.15, 0.2) is 5.82 Å². The maximum atomic E-state index is 12.3. The minimum absolute atomic E-state index is 0.160. The number of rotatable bonds is 5. The van der Waals surface area contributed by atoms with Crippen LogP contribution in [-0.4, -0.2) is 25.9 Å². The van der Waals surface area contributed by atoms with Crippen LogP contribution in [0.1, 0.15) is 10.4 Å². The Morgan fingerprint density at radius 1 is 1.00 bits per heavy atom. The molecule has 138 valence electrons. The number of nitrogens with one attached hydrogen (secondary N) is 1. The van der Waals surface area contributed by atoms with Crippen LogP contribution < -0.4 is 10.1 Å². The van der Waals surface area contributed by atoms with Gasteiger partial charge in [-0.1, -0.05) is 6.07 Å². The van der Waals surface area contributed by atoms with Crippen molar-refractivity contribution in [1.82, 2.24) is 20.0 Å². The first-order valence-electron chi connectivity index (χ1n) is 8.36. The molecule has 28 heavy (non-hydrogen) atoms. The van der Waals surface area contributed by atoms with Crippen LogP contribution in [0.3, 0.4) is 0 Å². The maximum absolute atomic E-state index is 12.3. The molecule has 0 radical (unpaired) electrons. The summed E-state index contributed by atoms with van der Waals surface area (Å²) in [5.41, 5.74) is 1.29. The Morgan fingerprint density at radius 2 is 1.86 bits per heavy atom. The van der Waals surface area contributed by atoms with E-state index in [9.17, 15) is 4.79 Å². The van der Waals surface area contributed by atoms with Gasteiger partial charge in [0.05, 0.1) is 0 Å². The van der Waals surface area contributed by atoms with E-state index in [0.29, 0.717) is 28.7 Å². The lowest BCUT2D eigenvalue weighted by Crippen LogP contribution is -2.11. The van der Waals surface area contributed by atoms with Crippen LogP contribution in [0.4, 0.5) is 5.69 Å². The van der Waals surface area contributed by atoms with Gasteiger partial charge in [-0.2, -0.15) is 5.10 Å². The first-order chi connectivity index (χ1) is 13.7. The van der Waals surface area contributed by atoms with Crippen molar-refractivity contribution < 1.29 is 9.53 Å². The molecule has 0 fully saturated rings. The molecule has 4 rings (SSSR count). The fourth-order valence-electron chi connectivity index (χ4n) is 2.45. The van der Waals surface area contributed by atoms with Crippen LogP contribution in [0.5, 0.6) is 11.6 Å². The molecule has 1 N–H and O–H groups in total. The first kappa shape index (κ1) is 18.1. The minimum atomic E-state index is -0.160. The number of ether oxygens (including phenoxy) is 1. The zero-order chi connectivity index (χ0) is 19.3. The van der Waals surface area contributed by atoms with Gasteiger partial charge < -0.3 is 10.1 Å². The van der Waals surface area contributed by atoms with Crippen LogP contribution >= 0.6 is 22.6 Å². The SMILES string of the molecule is O=C(Nc1ccc(Oc2ccc(-n3cccn3)nn2)cc1)c1cccc(I)c1. The van der Waals surface area contributed by atoms with E-state index >= 15 is 0 Å². The molecule has 8 heteroatoms. The Hall–Kier alpha value is -3.27. The van der Waals surface area contributed by atoms with Crippen molar-refractivity contribution >= 4 is 34.2 Å². The van der Waals surface area contributed by atoms with E-state index in [1.807, 2.05) is 24.3 Å². The van der Waals surface area contributed by atoms with E-state index in [4.69, 9.17) is 4.74 Å². The second kappa shape index (κ2) is 8.17. The second-order valence-corrected chi connectivity index (χ2v) is 7.02. The summed E-state index contributed by atoms with van der Waals surface area (Å²) in [5, 5.41) is 15.1. The minimum Gasteiger partial charge on any atom is -0.438 e. The summed E-state index contributed by atoms with van der Waals surface area (Å²) in [6, 6.07) is 19.8. The van der Waals surface area contributed by atoms with Crippen molar-refractivity contribution in [1.29, 1.82) is 0 Å². The lowest BCUT2D eigenvalue weighted by molar-refractivity contribution is 0.102. The Balaban J connectivity index is 1.40. The largest absolute Gasteiger partial charge is 0.438 e. The number of aromatic nitrogens is 4. The summed E-state index contributed by atoms with van der Waals surface area (Å²) >= 11 is 2.18. The van der Waals surface area contributed by atoms with Gasteiger partial charge in [-0.25, -0.2) is 4.68 Å². The lowest BCUT2D eigenvalue weighted by Gasteiger charge is -2.08. The predicted octanol–water partition coefficient (Wildman–Crippen LogP) is 4.31. The molecule has 0 aliphatic heterocycles. The van der Waals surface area contributed by atoms with E-state index in [-0.39, 0.29) is 5.91 Å². The van der Waals surface area contributed by atoms with Gasteiger partial charge in [0, 0.05) is 33.3 Å². The van der Waals surface area contributed by atoms with Gasteiger partial charge in [-0.15, -0.1) is 10.2 Å². The molecular weight excluding hydrogens is 469 g/mol. The topological polar surface area (TPSA) is 81.9 Å². The number of hydrogen-bond acceptors (Lipinski definition) is 5. The Labute approximate surface area is 174 Å². The molecule has 0 saturated heterocycles. The van der Waals surface area contributed by atoms with E-state index < -0.39 is 0 Å². The summed E-state index contributed by atoms with van der Waals surface area (Å²) < 4.78 is 8.32. The van der Waals surface area contributed by atoms with Crippen LogP contribution in [0.15, 0.2) is 79.1 Å². The third-order valence-corrected chi connectivity index (χ3v) is 4.46. The Bertz CT molecular complexity index is 1080. The van der Waals surface area contributed by atoms with Crippen molar-refractivity contribution in [2.75, 3.05) is 5.32 Å². The fraction of sp³-hybridized carbons (Fsp3) is 0. The fourth-order valence-corrected chi connectivity index (χ4v) is 3.00. The summed E-state index contributed by atoms with van der Waals surface area (Å²) in [7, 11) is 0. The normalized spacial score (nSPS) is 10.5. The molecule has 0 aliphatic carbocycles. The molecule has 0 saturated carbocycles. The highest BCUT2D eigenvalue weighted by atomic mass is 127. The molecule has 0 aliphatic rings. The van der Waals surface area contributed by atoms with Crippen molar-refractivity contribution in [3.63, 3.8) is 0 Å². The highest BCUT2D eigenvalue weighted by Crippen LogP contribution is 2.22. The molecule has 0 atom stereocenters. The number of carbonyl (C=O) groups is 1. The predicted molar refractivity (Wildman–Crippen MR) is 113 cm³/mol. The van der Waals surface area contributed by atoms with Crippen molar-refractivity contribution in [2.24, 2.45) is 0 Å². The summed E-state index contributed by atoms with van der Waals surface area (Å²) in [6.45, 7) is 0. The molecule has 0 spiro atoms. The molecule has 0 unspecified atom stereocenters. The monoisotopic (exact) mass is 483 g/mol. The van der Waals surface area contributed by atoms with E-state index in [1.54, 1.807) is 59.5 Å². The zero-order valence-corrected chi connectivity index (χ0v) is 16.6. The number of hydrogen-bond donors (Lipinski definition) is 1. The zero-order valence-electron chi connectivity index (χ0n) is 14.5. The Morgan fingerprint density at radius 3 is 2.54 bits per heavy atom. The first-order valence-corrected chi connectivity index (χ1v) is 9.44. The second-order valence-electron chi connectivity index (χ2n) is 5.77. The average Bonchev–Trinajstić information content (AvgIpc) is 3.25. The van der Waals surface area contributed by atoms with Gasteiger partial charge >= 0.3 is 0 Å². The number of benzene rings is 2. The maximum Gasteiger partial charge on any atom is 0.255 e. The van der Waals surface area contributed by atoms with Crippen molar-refractivity contribution in [3.05, 3.63) is 88.3 Å². The number of carbonyl (C=O) groups excluding carboxylic acids is 1. The number of amides is 1. The smallest absolute Gasteiger partial charge is 0.255 e. The van der Waals surface area contributed by atoms with E-state index in [2.05, 4.69) is 43.2 Å². The lowest BCUT2D eigenvalue weighted by atomic mass is 10.2. The number of nitrogens with zero attached hydrogens (tertiary/aromatic N) is 4. The molecule has 2 aromatic carbocycles. The highest BCUT2D eigenvalue weighted by Gasteiger charge is 2.07. The van der Waals surface area contributed by atoms with Crippen molar-refractivity contribution in [3.8, 4) is 17.4 Å². The van der Waals surface area contributed by atoms with Crippen LogP contribution in [0, 0.1) is 3.57 Å². The molecule has 7 nitrogen and oxygen atoms in total. The summed E-state index contributed by atoms with van der Waals surface area (Å²) in [6.07, 6.45) is 3.46. The number of anilines is 1. The van der Waals surface area contributed by atoms with Crippen LogP contribution in [0.2, 0.25) is 0 Å². The Kier molecular flexibility index (Phi) is 5.29. The van der Waals surface area contributed by atoms with Gasteiger partial charge in [0.25, 0.3) is 5.91 Å². The van der Waals surface area contributed by atoms with Gasteiger partial charge in [-0.05, 0) is 77.2 Å². The third kappa shape index (κ3) is 4.34. The van der Waals surface area contributed by atoms with E-state index in [1.165, 1.54) is 0 Å². The molecule has 4 aromatic rings. The molecular formula is C20H14IN5O2.